The molecule has 1 fully saturated rings. The van der Waals surface area contributed by atoms with Crippen LogP contribution in [0.5, 0.6) is 0 Å². The molecule has 2 N–H and O–H groups in total. The van der Waals surface area contributed by atoms with Crippen molar-refractivity contribution in [2.45, 2.75) is 37.6 Å². The molecule has 2 heterocycles. The van der Waals surface area contributed by atoms with Crippen LogP contribution in [0.2, 0.25) is 0 Å². The highest BCUT2D eigenvalue weighted by molar-refractivity contribution is 7.89. The Morgan fingerprint density at radius 2 is 2.24 bits per heavy atom. The van der Waals surface area contributed by atoms with Crippen LogP contribution in [-0.2, 0) is 10.0 Å². The maximum Gasteiger partial charge on any atom is 0.247 e. The van der Waals surface area contributed by atoms with Crippen LogP contribution in [-0.4, -0.2) is 47.2 Å². The molecule has 1 aromatic heterocycles. The molecule has 0 spiro atoms. The second kappa shape index (κ2) is 4.40. The number of nitrogens with zero attached hydrogens (tertiary/aromatic N) is 2. The Labute approximate surface area is 101 Å². The zero-order valence-corrected chi connectivity index (χ0v) is 10.8. The van der Waals surface area contributed by atoms with Crippen LogP contribution in [0.15, 0.2) is 4.90 Å². The SMILES string of the molecule is Cc1n[nH]c(C)c1S(=O)(=O)N1CCC[C@H]1CO. The highest BCUT2D eigenvalue weighted by atomic mass is 32.2. The van der Waals surface area contributed by atoms with Crippen LogP contribution in [0.1, 0.15) is 24.2 Å². The van der Waals surface area contributed by atoms with Crippen LogP contribution < -0.4 is 0 Å². The molecule has 0 radical (unpaired) electrons. The molecular weight excluding hydrogens is 242 g/mol. The predicted octanol–water partition coefficient (Wildman–Crippen LogP) is 0.172. The summed E-state index contributed by atoms with van der Waals surface area (Å²) >= 11 is 0. The molecular formula is C10H17N3O3S. The lowest BCUT2D eigenvalue weighted by Crippen LogP contribution is -2.38. The zero-order valence-electron chi connectivity index (χ0n) is 9.97. The van der Waals surface area contributed by atoms with Crippen molar-refractivity contribution in [2.24, 2.45) is 0 Å². The number of aromatic amines is 1. The topological polar surface area (TPSA) is 86.3 Å². The Balaban J connectivity index is 2.43. The molecule has 0 bridgehead atoms. The zero-order chi connectivity index (χ0) is 12.6. The van der Waals surface area contributed by atoms with Gasteiger partial charge in [-0.3, -0.25) is 5.10 Å². The summed E-state index contributed by atoms with van der Waals surface area (Å²) in [7, 11) is -3.54. The summed E-state index contributed by atoms with van der Waals surface area (Å²) in [6.07, 6.45) is 1.51. The monoisotopic (exact) mass is 259 g/mol. The lowest BCUT2D eigenvalue weighted by Gasteiger charge is -2.22. The van der Waals surface area contributed by atoms with Crippen molar-refractivity contribution < 1.29 is 13.5 Å². The first kappa shape index (κ1) is 12.5. The van der Waals surface area contributed by atoms with Crippen LogP contribution in [0.25, 0.3) is 0 Å². The fourth-order valence-corrected chi connectivity index (χ4v) is 4.37. The second-order valence-electron chi connectivity index (χ2n) is 4.36. The van der Waals surface area contributed by atoms with E-state index in [9.17, 15) is 13.5 Å². The van der Waals surface area contributed by atoms with Gasteiger partial charge in [-0.2, -0.15) is 9.40 Å². The molecule has 0 saturated carbocycles. The first-order valence-electron chi connectivity index (χ1n) is 5.62. The quantitative estimate of drug-likeness (QED) is 0.810. The Morgan fingerprint density at radius 1 is 1.53 bits per heavy atom. The molecule has 7 heteroatoms. The van der Waals surface area contributed by atoms with Crippen molar-refractivity contribution in [3.8, 4) is 0 Å². The first-order chi connectivity index (χ1) is 7.98. The van der Waals surface area contributed by atoms with E-state index < -0.39 is 10.0 Å². The van der Waals surface area contributed by atoms with Crippen molar-refractivity contribution in [3.63, 3.8) is 0 Å². The fraction of sp³-hybridized carbons (Fsp3) is 0.700. The highest BCUT2D eigenvalue weighted by Crippen LogP contribution is 2.28. The van der Waals surface area contributed by atoms with Gasteiger partial charge < -0.3 is 5.11 Å². The number of rotatable bonds is 3. The van der Waals surface area contributed by atoms with Gasteiger partial charge in [0.05, 0.1) is 18.0 Å². The molecule has 6 nitrogen and oxygen atoms in total. The summed E-state index contributed by atoms with van der Waals surface area (Å²) in [6.45, 7) is 3.70. The lowest BCUT2D eigenvalue weighted by atomic mass is 10.2. The van der Waals surface area contributed by atoms with E-state index in [4.69, 9.17) is 0 Å². The van der Waals surface area contributed by atoms with E-state index in [1.807, 2.05) is 0 Å². The molecule has 1 aromatic rings. The largest absolute Gasteiger partial charge is 0.395 e. The van der Waals surface area contributed by atoms with Gasteiger partial charge >= 0.3 is 0 Å². The maximum atomic E-state index is 12.5. The number of hydrogen-bond acceptors (Lipinski definition) is 4. The van der Waals surface area contributed by atoms with E-state index >= 15 is 0 Å². The van der Waals surface area contributed by atoms with Gasteiger partial charge in [-0.25, -0.2) is 8.42 Å². The first-order valence-corrected chi connectivity index (χ1v) is 7.06. The van der Waals surface area contributed by atoms with Gasteiger partial charge in [0.25, 0.3) is 0 Å². The molecule has 17 heavy (non-hydrogen) atoms. The van der Waals surface area contributed by atoms with Gasteiger partial charge in [0, 0.05) is 12.6 Å². The maximum absolute atomic E-state index is 12.5. The van der Waals surface area contributed by atoms with Crippen LogP contribution in [0, 0.1) is 13.8 Å². The van der Waals surface area contributed by atoms with E-state index in [1.165, 1.54) is 4.31 Å². The van der Waals surface area contributed by atoms with Gasteiger partial charge in [-0.1, -0.05) is 0 Å². The van der Waals surface area contributed by atoms with Crippen molar-refractivity contribution in [1.82, 2.24) is 14.5 Å². The second-order valence-corrected chi connectivity index (χ2v) is 6.18. The average molecular weight is 259 g/mol. The van der Waals surface area contributed by atoms with Crippen LogP contribution in [0.4, 0.5) is 0 Å². The van der Waals surface area contributed by atoms with Crippen molar-refractivity contribution in [2.75, 3.05) is 13.2 Å². The summed E-state index contributed by atoms with van der Waals surface area (Å²) in [6, 6.07) is -0.298. The van der Waals surface area contributed by atoms with Crippen molar-refractivity contribution >= 4 is 10.0 Å². The van der Waals surface area contributed by atoms with Gasteiger partial charge in [-0.15, -0.1) is 0 Å². The Kier molecular flexibility index (Phi) is 3.24. The number of aryl methyl sites for hydroxylation is 2. The van der Waals surface area contributed by atoms with E-state index in [-0.39, 0.29) is 17.5 Å². The molecule has 96 valence electrons. The summed E-state index contributed by atoms with van der Waals surface area (Å²) in [5.41, 5.74) is 1.03. The minimum Gasteiger partial charge on any atom is -0.395 e. The third-order valence-electron chi connectivity index (χ3n) is 3.16. The van der Waals surface area contributed by atoms with E-state index in [2.05, 4.69) is 10.2 Å². The van der Waals surface area contributed by atoms with Crippen molar-refractivity contribution in [1.29, 1.82) is 0 Å². The van der Waals surface area contributed by atoms with E-state index in [1.54, 1.807) is 13.8 Å². The number of H-pyrrole nitrogens is 1. The van der Waals surface area contributed by atoms with E-state index in [0.717, 1.165) is 6.42 Å². The smallest absolute Gasteiger partial charge is 0.247 e. The lowest BCUT2D eigenvalue weighted by molar-refractivity contribution is 0.213. The van der Waals surface area contributed by atoms with Gasteiger partial charge in [0.1, 0.15) is 4.90 Å². The minimum absolute atomic E-state index is 0.130. The molecule has 1 aliphatic heterocycles. The molecule has 0 aromatic carbocycles. The predicted molar refractivity (Wildman–Crippen MR) is 62.1 cm³/mol. The number of nitrogens with one attached hydrogen (secondary N) is 1. The Bertz CT molecular complexity index is 489. The van der Waals surface area contributed by atoms with Crippen LogP contribution in [0.3, 0.4) is 0 Å². The summed E-state index contributed by atoms with van der Waals surface area (Å²) in [5.74, 6) is 0. The molecule has 0 aliphatic carbocycles. The number of aliphatic hydroxyl groups excluding tert-OH is 1. The molecule has 2 rings (SSSR count). The van der Waals surface area contributed by atoms with Crippen molar-refractivity contribution in [3.05, 3.63) is 11.4 Å². The Hall–Kier alpha value is -0.920. The molecule has 0 unspecified atom stereocenters. The molecule has 1 aliphatic rings. The van der Waals surface area contributed by atoms with E-state index in [0.29, 0.717) is 24.4 Å². The summed E-state index contributed by atoms with van der Waals surface area (Å²) < 4.78 is 26.3. The fourth-order valence-electron chi connectivity index (χ4n) is 2.35. The average Bonchev–Trinajstić information content (AvgIpc) is 2.85. The highest BCUT2D eigenvalue weighted by Gasteiger charge is 2.37. The number of sulfonamides is 1. The standard InChI is InChI=1S/C10H17N3O3S/c1-7-10(8(2)12-11-7)17(15,16)13-5-3-4-9(13)6-14/h9,14H,3-6H2,1-2H3,(H,11,12)/t9-/m0/s1. The summed E-state index contributed by atoms with van der Waals surface area (Å²) in [4.78, 5) is 0.248. The van der Waals surface area contributed by atoms with Gasteiger partial charge in [-0.05, 0) is 26.7 Å². The third-order valence-corrected chi connectivity index (χ3v) is 5.38. The summed E-state index contributed by atoms with van der Waals surface area (Å²) in [5, 5.41) is 15.8. The minimum atomic E-state index is -3.54. The van der Waals surface area contributed by atoms with Gasteiger partial charge in [0.15, 0.2) is 0 Å². The third kappa shape index (κ3) is 1.98. The Morgan fingerprint density at radius 3 is 2.76 bits per heavy atom. The molecule has 0 amide bonds. The number of aromatic nitrogens is 2. The number of hydrogen-bond donors (Lipinski definition) is 2. The van der Waals surface area contributed by atoms with Crippen LogP contribution >= 0.6 is 0 Å². The molecule has 1 saturated heterocycles. The van der Waals surface area contributed by atoms with Gasteiger partial charge in [0.2, 0.25) is 10.0 Å². The molecule has 1 atom stereocenters. The number of aliphatic hydroxyl groups is 1. The normalized spacial score (nSPS) is 22.2.